The van der Waals surface area contributed by atoms with Crippen molar-refractivity contribution in [2.75, 3.05) is 0 Å². The predicted molar refractivity (Wildman–Crippen MR) is 51.4 cm³/mol. The van der Waals surface area contributed by atoms with E-state index in [-0.39, 0.29) is 39.6 Å². The zero-order valence-electron chi connectivity index (χ0n) is 7.82. The number of carbonyl (C=O) groups is 2. The van der Waals surface area contributed by atoms with Crippen LogP contribution in [0.1, 0.15) is 32.6 Å². The number of hydrogen-bond acceptors (Lipinski definition) is 2. The Hall–Kier alpha value is -0.138. The van der Waals surface area contributed by atoms with Gasteiger partial charge < -0.3 is 10.2 Å². The Morgan fingerprint density at radius 1 is 1.31 bits per heavy atom. The first-order valence-corrected chi connectivity index (χ1v) is 4.02. The van der Waals surface area contributed by atoms with E-state index in [0.717, 1.165) is 0 Å². The third-order valence-corrected chi connectivity index (χ3v) is 1.79. The van der Waals surface area contributed by atoms with Crippen LogP contribution < -0.4 is 0 Å². The Labute approximate surface area is 97.5 Å². The van der Waals surface area contributed by atoms with E-state index < -0.39 is 11.9 Å². The summed E-state index contributed by atoms with van der Waals surface area (Å²) in [5.74, 6) is -2.08. The molecule has 0 rings (SSSR count). The van der Waals surface area contributed by atoms with E-state index in [2.05, 4.69) is 0 Å². The summed E-state index contributed by atoms with van der Waals surface area (Å²) in [5, 5.41) is 16.9. The first-order valence-electron chi connectivity index (χ1n) is 4.02. The van der Waals surface area contributed by atoms with E-state index in [9.17, 15) is 9.59 Å². The van der Waals surface area contributed by atoms with Gasteiger partial charge >= 0.3 is 39.2 Å². The number of hydrogen-bond donors (Lipinski definition) is 2. The van der Waals surface area contributed by atoms with E-state index in [4.69, 9.17) is 10.2 Å². The topological polar surface area (TPSA) is 74.6 Å². The molecule has 0 aliphatic heterocycles. The van der Waals surface area contributed by atoms with Crippen LogP contribution in [0, 0.1) is 5.92 Å². The molecule has 0 fully saturated rings. The van der Waals surface area contributed by atoms with Gasteiger partial charge in [-0.15, -0.1) is 0 Å². The van der Waals surface area contributed by atoms with E-state index in [1.165, 1.54) is 0 Å². The normalized spacial score (nSPS) is 11.5. The summed E-state index contributed by atoms with van der Waals surface area (Å²) >= 11 is 0. The van der Waals surface area contributed by atoms with E-state index in [0.29, 0.717) is 19.3 Å². The monoisotopic (exact) mass is 384 g/mol. The molecule has 0 bridgehead atoms. The molecule has 0 aromatic heterocycles. The molecule has 0 amide bonds. The molecule has 0 saturated heterocycles. The molecule has 76 valence electrons. The van der Waals surface area contributed by atoms with Crippen molar-refractivity contribution in [3.8, 4) is 0 Å². The average Bonchev–Trinajstić information content (AvgIpc) is 1.96. The summed E-state index contributed by atoms with van der Waals surface area (Å²) < 4.78 is 0. The van der Waals surface area contributed by atoms with Gasteiger partial charge in [-0.2, -0.15) is 0 Å². The molecule has 0 aromatic carbocycles. The molecule has 2 N–H and O–H groups in total. The van der Waals surface area contributed by atoms with Gasteiger partial charge in [-0.1, -0.05) is 6.92 Å². The maximum atomic E-state index is 10.5. The van der Waals surface area contributed by atoms with Crippen LogP contribution in [0.3, 0.4) is 0 Å². The zero-order valence-corrected chi connectivity index (χ0v) is 13.3. The fourth-order valence-corrected chi connectivity index (χ4v) is 1.00. The molecule has 4 nitrogen and oxygen atoms in total. The quantitative estimate of drug-likeness (QED) is 0.653. The van der Waals surface area contributed by atoms with Gasteiger partial charge in [0.25, 0.3) is 0 Å². The van der Waals surface area contributed by atoms with Crippen molar-refractivity contribution in [2.45, 2.75) is 32.6 Å². The maximum absolute atomic E-state index is 10.5. The standard InChI is InChI=1S/C8H14O4.Pb.2H/c1-2-6(8(11)12)4-3-5-7(9)10;;;/h6H,2-5H2,1H3,(H,9,10)(H,11,12);;;. The van der Waals surface area contributed by atoms with Crippen LogP contribution >= 0.6 is 0 Å². The third kappa shape index (κ3) is 8.20. The Balaban J connectivity index is 0. The van der Waals surface area contributed by atoms with Gasteiger partial charge in [-0.3, -0.25) is 9.59 Å². The molecular formula is C8H16O4Pb. The Bertz CT molecular complexity index is 170. The SMILES string of the molecule is CCC(CCCC(=O)O)C(=O)O.[PbH2]. The van der Waals surface area contributed by atoms with Gasteiger partial charge in [-0.25, -0.2) is 0 Å². The number of carboxylic acid groups (broad SMARTS) is 2. The van der Waals surface area contributed by atoms with E-state index >= 15 is 0 Å². The molecule has 1 unspecified atom stereocenters. The van der Waals surface area contributed by atoms with Crippen LogP contribution in [0.4, 0.5) is 0 Å². The van der Waals surface area contributed by atoms with E-state index in [1.54, 1.807) is 6.92 Å². The molecule has 0 saturated carbocycles. The van der Waals surface area contributed by atoms with Gasteiger partial charge in [0.1, 0.15) is 0 Å². The fraction of sp³-hybridized carbons (Fsp3) is 0.750. The van der Waals surface area contributed by atoms with Crippen molar-refractivity contribution < 1.29 is 19.8 Å². The van der Waals surface area contributed by atoms with Gasteiger partial charge in [0.05, 0.1) is 5.92 Å². The Morgan fingerprint density at radius 2 is 1.85 bits per heavy atom. The molecule has 0 aromatic rings. The van der Waals surface area contributed by atoms with Gasteiger partial charge in [0.2, 0.25) is 0 Å². The molecule has 0 heterocycles. The molecule has 13 heavy (non-hydrogen) atoms. The molecule has 1 atom stereocenters. The fourth-order valence-electron chi connectivity index (χ4n) is 1.00. The molecular weight excluding hydrogens is 367 g/mol. The van der Waals surface area contributed by atoms with Crippen molar-refractivity contribution in [3.05, 3.63) is 0 Å². The van der Waals surface area contributed by atoms with Crippen molar-refractivity contribution in [2.24, 2.45) is 5.92 Å². The van der Waals surface area contributed by atoms with Crippen LogP contribution in [0.25, 0.3) is 0 Å². The van der Waals surface area contributed by atoms with Crippen molar-refractivity contribution in [3.63, 3.8) is 0 Å². The second kappa shape index (κ2) is 8.46. The van der Waals surface area contributed by atoms with Crippen LogP contribution in [-0.2, 0) is 9.59 Å². The number of aliphatic carboxylic acids is 2. The summed E-state index contributed by atoms with van der Waals surface area (Å²) in [4.78, 5) is 20.6. The summed E-state index contributed by atoms with van der Waals surface area (Å²) in [5.41, 5.74) is 0. The first-order chi connectivity index (χ1) is 5.57. The average molecular weight is 383 g/mol. The van der Waals surface area contributed by atoms with Crippen molar-refractivity contribution in [1.82, 2.24) is 0 Å². The van der Waals surface area contributed by atoms with Crippen LogP contribution in [-0.4, -0.2) is 49.5 Å². The molecule has 5 heteroatoms. The van der Waals surface area contributed by atoms with Gasteiger partial charge in [0.15, 0.2) is 0 Å². The summed E-state index contributed by atoms with van der Waals surface area (Å²) in [6.45, 7) is 1.79. The second-order valence-electron chi connectivity index (χ2n) is 2.73. The molecule has 0 aliphatic carbocycles. The van der Waals surface area contributed by atoms with Gasteiger partial charge in [0, 0.05) is 6.42 Å². The predicted octanol–water partition coefficient (Wildman–Crippen LogP) is 0.436. The molecule has 0 spiro atoms. The summed E-state index contributed by atoms with van der Waals surface area (Å²) in [7, 11) is 0. The summed E-state index contributed by atoms with van der Waals surface area (Å²) in [6, 6.07) is 0. The minimum atomic E-state index is -0.866. The summed E-state index contributed by atoms with van der Waals surface area (Å²) in [6.07, 6.45) is 1.52. The van der Waals surface area contributed by atoms with Crippen molar-refractivity contribution >= 4 is 39.2 Å². The molecule has 0 aliphatic rings. The third-order valence-electron chi connectivity index (χ3n) is 1.79. The zero-order chi connectivity index (χ0) is 9.56. The number of rotatable bonds is 6. The van der Waals surface area contributed by atoms with E-state index in [1.807, 2.05) is 0 Å². The van der Waals surface area contributed by atoms with Crippen LogP contribution in [0.2, 0.25) is 0 Å². The Morgan fingerprint density at radius 3 is 2.15 bits per heavy atom. The van der Waals surface area contributed by atoms with Gasteiger partial charge in [-0.05, 0) is 19.3 Å². The van der Waals surface area contributed by atoms with Crippen LogP contribution in [0.15, 0.2) is 0 Å². The van der Waals surface area contributed by atoms with Crippen LogP contribution in [0.5, 0.6) is 0 Å². The minimum absolute atomic E-state index is 0. The Kier molecular flexibility index (Phi) is 9.98. The van der Waals surface area contributed by atoms with Crippen molar-refractivity contribution in [1.29, 1.82) is 0 Å². The first kappa shape index (κ1) is 15.3. The second-order valence-corrected chi connectivity index (χ2v) is 2.73. The number of carboxylic acids is 2. The molecule has 2 radical (unpaired) electrons.